The summed E-state index contributed by atoms with van der Waals surface area (Å²) in [6, 6.07) is 0.254. The molecule has 2 rings (SSSR count). The molecule has 1 saturated heterocycles. The fourth-order valence-electron chi connectivity index (χ4n) is 1.84. The van der Waals surface area contributed by atoms with E-state index in [1.165, 1.54) is 12.4 Å². The molecule has 0 bridgehead atoms. The molecule has 1 atom stereocenters. The summed E-state index contributed by atoms with van der Waals surface area (Å²) < 4.78 is 0. The largest absolute Gasteiger partial charge is 0.348 e. The van der Waals surface area contributed by atoms with Crippen LogP contribution in [0.4, 0.5) is 0 Å². The summed E-state index contributed by atoms with van der Waals surface area (Å²) in [4.78, 5) is 19.7. The van der Waals surface area contributed by atoms with Gasteiger partial charge in [0.1, 0.15) is 5.69 Å². The van der Waals surface area contributed by atoms with Gasteiger partial charge in [-0.25, -0.2) is 4.98 Å². The lowest BCUT2D eigenvalue weighted by molar-refractivity contribution is 0.0928. The maximum absolute atomic E-state index is 11.8. The van der Waals surface area contributed by atoms with Gasteiger partial charge in [0.2, 0.25) is 0 Å². The van der Waals surface area contributed by atoms with Gasteiger partial charge in [0.25, 0.3) is 5.91 Å². The molecule has 5 nitrogen and oxygen atoms in total. The second kappa shape index (κ2) is 9.08. The number of nitrogens with one attached hydrogen (secondary N) is 2. The topological polar surface area (TPSA) is 66.9 Å². The van der Waals surface area contributed by atoms with Crippen LogP contribution in [-0.2, 0) is 0 Å². The van der Waals surface area contributed by atoms with E-state index in [0.717, 1.165) is 32.4 Å². The minimum atomic E-state index is -0.125. The zero-order chi connectivity index (χ0) is 11.2. The first kappa shape index (κ1) is 17.1. The van der Waals surface area contributed by atoms with Crippen molar-refractivity contribution in [3.8, 4) is 0 Å². The molecule has 0 aromatic carbocycles. The van der Waals surface area contributed by atoms with Crippen molar-refractivity contribution in [3.05, 3.63) is 24.3 Å². The van der Waals surface area contributed by atoms with Crippen LogP contribution in [0.2, 0.25) is 0 Å². The third-order valence-corrected chi connectivity index (χ3v) is 2.71. The van der Waals surface area contributed by atoms with Crippen LogP contribution in [-0.4, -0.2) is 35.0 Å². The highest BCUT2D eigenvalue weighted by atomic mass is 35.5. The number of amides is 1. The van der Waals surface area contributed by atoms with E-state index in [1.807, 2.05) is 0 Å². The van der Waals surface area contributed by atoms with Crippen LogP contribution in [0.15, 0.2) is 18.6 Å². The van der Waals surface area contributed by atoms with Crippen molar-refractivity contribution in [2.75, 3.05) is 13.1 Å². The van der Waals surface area contributed by atoms with Crippen LogP contribution in [0.5, 0.6) is 0 Å². The summed E-state index contributed by atoms with van der Waals surface area (Å²) in [5.41, 5.74) is 0.389. The van der Waals surface area contributed by atoms with E-state index in [-0.39, 0.29) is 36.8 Å². The van der Waals surface area contributed by atoms with Gasteiger partial charge in [0.05, 0.1) is 6.20 Å². The Kier molecular flexibility index (Phi) is 8.62. The van der Waals surface area contributed by atoms with E-state index in [1.54, 1.807) is 6.20 Å². The highest BCUT2D eigenvalue weighted by Crippen LogP contribution is 2.05. The predicted molar refractivity (Wildman–Crippen MR) is 74.5 cm³/mol. The Labute approximate surface area is 119 Å². The first-order valence-corrected chi connectivity index (χ1v) is 5.64. The fraction of sp³-hybridized carbons (Fsp3) is 0.545. The Balaban J connectivity index is 0.00000144. The molecule has 1 aromatic heterocycles. The summed E-state index contributed by atoms with van der Waals surface area (Å²) in [5.74, 6) is -0.125. The minimum absolute atomic E-state index is 0. The van der Waals surface area contributed by atoms with Gasteiger partial charge in [0.15, 0.2) is 0 Å². The highest BCUT2D eigenvalue weighted by molar-refractivity contribution is 5.92. The number of hydrogen-bond acceptors (Lipinski definition) is 4. The average molecular weight is 293 g/mol. The summed E-state index contributed by atoms with van der Waals surface area (Å²) in [5, 5.41) is 6.30. The molecule has 1 unspecified atom stereocenters. The molecule has 1 aliphatic heterocycles. The van der Waals surface area contributed by atoms with Crippen molar-refractivity contribution in [3.63, 3.8) is 0 Å². The molecule has 0 radical (unpaired) electrons. The van der Waals surface area contributed by atoms with E-state index >= 15 is 0 Å². The Morgan fingerprint density at radius 3 is 2.83 bits per heavy atom. The Morgan fingerprint density at radius 2 is 2.11 bits per heavy atom. The predicted octanol–water partition coefficient (Wildman–Crippen LogP) is 1.19. The molecule has 2 heterocycles. The molecule has 1 aliphatic rings. The van der Waals surface area contributed by atoms with E-state index in [0.29, 0.717) is 5.69 Å². The van der Waals surface area contributed by atoms with E-state index in [9.17, 15) is 4.79 Å². The third kappa shape index (κ3) is 5.16. The second-order valence-electron chi connectivity index (χ2n) is 3.94. The molecule has 2 N–H and O–H groups in total. The highest BCUT2D eigenvalue weighted by Gasteiger charge is 2.15. The van der Waals surface area contributed by atoms with Crippen LogP contribution in [0, 0.1) is 0 Å². The molecule has 1 amide bonds. The Hall–Kier alpha value is -0.910. The van der Waals surface area contributed by atoms with Gasteiger partial charge >= 0.3 is 0 Å². The van der Waals surface area contributed by atoms with E-state index in [2.05, 4.69) is 20.6 Å². The molecule has 0 aliphatic carbocycles. The molecule has 102 valence electrons. The van der Waals surface area contributed by atoms with Crippen molar-refractivity contribution in [2.45, 2.75) is 25.3 Å². The van der Waals surface area contributed by atoms with Gasteiger partial charge in [0, 0.05) is 18.4 Å². The van der Waals surface area contributed by atoms with Crippen LogP contribution >= 0.6 is 24.8 Å². The monoisotopic (exact) mass is 292 g/mol. The van der Waals surface area contributed by atoms with Crippen LogP contribution < -0.4 is 10.6 Å². The van der Waals surface area contributed by atoms with Gasteiger partial charge in [-0.3, -0.25) is 9.78 Å². The van der Waals surface area contributed by atoms with E-state index < -0.39 is 0 Å². The number of carbonyl (C=O) groups is 1. The lowest BCUT2D eigenvalue weighted by atomic mass is 10.1. The maximum Gasteiger partial charge on any atom is 0.271 e. The number of halogens is 2. The number of hydrogen-bond donors (Lipinski definition) is 2. The first-order chi connectivity index (χ1) is 7.86. The quantitative estimate of drug-likeness (QED) is 0.859. The lowest BCUT2D eigenvalue weighted by Crippen LogP contribution is -2.35. The zero-order valence-corrected chi connectivity index (χ0v) is 11.6. The summed E-state index contributed by atoms with van der Waals surface area (Å²) >= 11 is 0. The van der Waals surface area contributed by atoms with Crippen molar-refractivity contribution in [1.29, 1.82) is 0 Å². The SMILES string of the molecule is Cl.Cl.O=C(NC1CCCNCC1)c1cnccn1. The second-order valence-corrected chi connectivity index (χ2v) is 3.94. The summed E-state index contributed by atoms with van der Waals surface area (Å²) in [6.45, 7) is 2.00. The molecule has 1 aromatic rings. The maximum atomic E-state index is 11.8. The molecule has 0 saturated carbocycles. The number of rotatable bonds is 2. The number of nitrogens with zero attached hydrogens (tertiary/aromatic N) is 2. The molecular weight excluding hydrogens is 275 g/mol. The molecule has 7 heteroatoms. The van der Waals surface area contributed by atoms with Gasteiger partial charge in [-0.05, 0) is 32.4 Å². The minimum Gasteiger partial charge on any atom is -0.348 e. The average Bonchev–Trinajstić information content (AvgIpc) is 2.59. The van der Waals surface area contributed by atoms with Gasteiger partial charge in [-0.15, -0.1) is 24.8 Å². The van der Waals surface area contributed by atoms with Gasteiger partial charge in [-0.2, -0.15) is 0 Å². The van der Waals surface area contributed by atoms with Crippen LogP contribution in [0.25, 0.3) is 0 Å². The molecular formula is C11H18Cl2N4O. The van der Waals surface area contributed by atoms with Crippen LogP contribution in [0.1, 0.15) is 29.8 Å². The molecule has 1 fully saturated rings. The Bertz CT molecular complexity index is 342. The molecule has 0 spiro atoms. The fourth-order valence-corrected chi connectivity index (χ4v) is 1.84. The standard InChI is InChI=1S/C11H16N4O.2ClH/c16-11(10-8-13-6-7-14-10)15-9-2-1-4-12-5-3-9;;/h6-9,12H,1-5H2,(H,15,16);2*1H. The Morgan fingerprint density at radius 1 is 1.28 bits per heavy atom. The zero-order valence-electron chi connectivity index (χ0n) is 9.96. The van der Waals surface area contributed by atoms with Crippen molar-refractivity contribution < 1.29 is 4.79 Å². The smallest absolute Gasteiger partial charge is 0.271 e. The normalized spacial score (nSPS) is 18.8. The summed E-state index contributed by atoms with van der Waals surface area (Å²) in [7, 11) is 0. The van der Waals surface area contributed by atoms with Crippen molar-refractivity contribution in [2.24, 2.45) is 0 Å². The summed E-state index contributed by atoms with van der Waals surface area (Å²) in [6.07, 6.45) is 7.69. The van der Waals surface area contributed by atoms with Gasteiger partial charge in [-0.1, -0.05) is 0 Å². The van der Waals surface area contributed by atoms with Gasteiger partial charge < -0.3 is 10.6 Å². The number of carbonyl (C=O) groups excluding carboxylic acids is 1. The van der Waals surface area contributed by atoms with E-state index in [4.69, 9.17) is 0 Å². The third-order valence-electron chi connectivity index (χ3n) is 2.71. The van der Waals surface area contributed by atoms with Crippen LogP contribution in [0.3, 0.4) is 0 Å². The van der Waals surface area contributed by atoms with Crippen molar-refractivity contribution >= 4 is 30.7 Å². The van der Waals surface area contributed by atoms with Crippen molar-refractivity contribution in [1.82, 2.24) is 20.6 Å². The first-order valence-electron chi connectivity index (χ1n) is 5.64. The lowest BCUT2D eigenvalue weighted by Gasteiger charge is -2.15. The molecule has 18 heavy (non-hydrogen) atoms. The number of aromatic nitrogens is 2.